The molecular formula is C12H22. The molecule has 12 heavy (non-hydrogen) atoms. The van der Waals surface area contributed by atoms with Crippen LogP contribution in [0, 0.1) is 19.8 Å². The topological polar surface area (TPSA) is 0 Å². The summed E-state index contributed by atoms with van der Waals surface area (Å²) in [7, 11) is 0. The molecule has 0 rings (SSSR count). The van der Waals surface area contributed by atoms with Crippen LogP contribution >= 0.6 is 0 Å². The third kappa shape index (κ3) is 5.40. The highest BCUT2D eigenvalue weighted by molar-refractivity contribution is 5.01. The van der Waals surface area contributed by atoms with Gasteiger partial charge in [-0.3, -0.25) is 0 Å². The van der Waals surface area contributed by atoms with Crippen molar-refractivity contribution in [2.75, 3.05) is 0 Å². The standard InChI is InChI=1S/C12H22/c1-5-7-8-10-12(4)11(3)9-6-2/h10-11H,1-2,5-9H2,3-4H3/b12-10+. The van der Waals surface area contributed by atoms with E-state index in [-0.39, 0.29) is 0 Å². The summed E-state index contributed by atoms with van der Waals surface area (Å²) in [6.07, 6.45) is 8.07. The van der Waals surface area contributed by atoms with Crippen LogP contribution in [-0.2, 0) is 0 Å². The third-order valence-corrected chi connectivity index (χ3v) is 2.33. The van der Waals surface area contributed by atoms with Gasteiger partial charge in [0.05, 0.1) is 0 Å². The molecule has 0 aliphatic rings. The van der Waals surface area contributed by atoms with Gasteiger partial charge in [-0.05, 0) is 32.1 Å². The van der Waals surface area contributed by atoms with Crippen molar-refractivity contribution in [2.24, 2.45) is 5.92 Å². The predicted octanol–water partition coefficient (Wildman–Crippen LogP) is 4.19. The van der Waals surface area contributed by atoms with E-state index in [2.05, 4.69) is 33.8 Å². The van der Waals surface area contributed by atoms with Crippen molar-refractivity contribution in [1.29, 1.82) is 0 Å². The fraction of sp³-hybridized carbons (Fsp3) is 0.667. The van der Waals surface area contributed by atoms with Gasteiger partial charge in [0.1, 0.15) is 0 Å². The van der Waals surface area contributed by atoms with Crippen LogP contribution in [0.2, 0.25) is 0 Å². The average molecular weight is 166 g/mol. The summed E-state index contributed by atoms with van der Waals surface area (Å²) in [6.45, 7) is 12.2. The fourth-order valence-corrected chi connectivity index (χ4v) is 1.21. The summed E-state index contributed by atoms with van der Waals surface area (Å²) >= 11 is 0. The van der Waals surface area contributed by atoms with Crippen LogP contribution in [0.3, 0.4) is 0 Å². The Balaban J connectivity index is 3.65. The summed E-state index contributed by atoms with van der Waals surface area (Å²) in [5, 5.41) is 0. The molecule has 0 heteroatoms. The minimum absolute atomic E-state index is 0.715. The van der Waals surface area contributed by atoms with Crippen LogP contribution in [0.5, 0.6) is 0 Å². The summed E-state index contributed by atoms with van der Waals surface area (Å²) in [6, 6.07) is 0. The van der Waals surface area contributed by atoms with Gasteiger partial charge in [0, 0.05) is 0 Å². The molecule has 0 aliphatic heterocycles. The zero-order valence-electron chi connectivity index (χ0n) is 8.60. The van der Waals surface area contributed by atoms with Gasteiger partial charge in [-0.1, -0.05) is 45.3 Å². The molecule has 0 heterocycles. The molecule has 0 aliphatic carbocycles. The Morgan fingerprint density at radius 2 is 2.00 bits per heavy atom. The van der Waals surface area contributed by atoms with Gasteiger partial charge in [-0.25, -0.2) is 0 Å². The predicted molar refractivity (Wildman–Crippen MR) is 56.7 cm³/mol. The van der Waals surface area contributed by atoms with Crippen molar-refractivity contribution in [2.45, 2.75) is 46.0 Å². The average Bonchev–Trinajstić information content (AvgIpc) is 2.05. The lowest BCUT2D eigenvalue weighted by Crippen LogP contribution is -1.95. The second-order valence-electron chi connectivity index (χ2n) is 3.49. The highest BCUT2D eigenvalue weighted by Crippen LogP contribution is 2.16. The maximum atomic E-state index is 3.87. The first-order valence-electron chi connectivity index (χ1n) is 4.97. The van der Waals surface area contributed by atoms with Gasteiger partial charge in [0.2, 0.25) is 0 Å². The molecule has 0 fully saturated rings. The van der Waals surface area contributed by atoms with Crippen molar-refractivity contribution in [3.05, 3.63) is 25.5 Å². The van der Waals surface area contributed by atoms with E-state index in [4.69, 9.17) is 0 Å². The largest absolute Gasteiger partial charge is 0.0853 e. The number of rotatable bonds is 6. The minimum Gasteiger partial charge on any atom is -0.0853 e. The van der Waals surface area contributed by atoms with Crippen LogP contribution in [0.25, 0.3) is 0 Å². The molecule has 0 aromatic rings. The minimum atomic E-state index is 0.715. The lowest BCUT2D eigenvalue weighted by Gasteiger charge is -2.10. The van der Waals surface area contributed by atoms with E-state index in [1.54, 1.807) is 0 Å². The Bertz CT molecular complexity index is 122. The summed E-state index contributed by atoms with van der Waals surface area (Å²) in [5.74, 6) is 0.715. The lowest BCUT2D eigenvalue weighted by atomic mass is 9.96. The molecule has 0 bridgehead atoms. The Kier molecular flexibility index (Phi) is 7.23. The maximum Gasteiger partial charge on any atom is -0.0234 e. The first kappa shape index (κ1) is 11.7. The molecule has 0 spiro atoms. The molecule has 2 radical (unpaired) electrons. The quantitative estimate of drug-likeness (QED) is 0.410. The van der Waals surface area contributed by atoms with Gasteiger partial charge in [-0.15, -0.1) is 0 Å². The molecule has 70 valence electrons. The molecule has 0 saturated carbocycles. The smallest absolute Gasteiger partial charge is 0.0234 e. The van der Waals surface area contributed by atoms with Crippen molar-refractivity contribution in [3.63, 3.8) is 0 Å². The summed E-state index contributed by atoms with van der Waals surface area (Å²) in [4.78, 5) is 0. The van der Waals surface area contributed by atoms with Crippen molar-refractivity contribution >= 4 is 0 Å². The monoisotopic (exact) mass is 166 g/mol. The SMILES string of the molecule is [CH2]CCC/C=C(\C)C(C)CC[CH2]. The number of allylic oxidation sites excluding steroid dienone is 2. The number of unbranched alkanes of at least 4 members (excludes halogenated alkanes) is 2. The van der Waals surface area contributed by atoms with Gasteiger partial charge in [0.15, 0.2) is 0 Å². The molecule has 0 aromatic carbocycles. The van der Waals surface area contributed by atoms with E-state index in [1.807, 2.05) is 0 Å². The molecule has 0 N–H and O–H groups in total. The molecule has 1 atom stereocenters. The van der Waals surface area contributed by atoms with E-state index in [9.17, 15) is 0 Å². The normalized spacial score (nSPS) is 14.8. The Morgan fingerprint density at radius 1 is 1.33 bits per heavy atom. The van der Waals surface area contributed by atoms with Gasteiger partial charge < -0.3 is 0 Å². The zero-order valence-corrected chi connectivity index (χ0v) is 8.60. The van der Waals surface area contributed by atoms with Crippen LogP contribution in [0.15, 0.2) is 11.6 Å². The van der Waals surface area contributed by atoms with Crippen LogP contribution in [0.1, 0.15) is 46.0 Å². The van der Waals surface area contributed by atoms with Crippen molar-refractivity contribution in [3.8, 4) is 0 Å². The van der Waals surface area contributed by atoms with Gasteiger partial charge in [-0.2, -0.15) is 0 Å². The summed E-state index contributed by atoms with van der Waals surface area (Å²) in [5.41, 5.74) is 1.52. The van der Waals surface area contributed by atoms with Crippen LogP contribution in [-0.4, -0.2) is 0 Å². The van der Waals surface area contributed by atoms with E-state index >= 15 is 0 Å². The molecule has 0 saturated heterocycles. The first-order valence-corrected chi connectivity index (χ1v) is 4.97. The first-order chi connectivity index (χ1) is 5.72. The van der Waals surface area contributed by atoms with E-state index < -0.39 is 0 Å². The molecule has 0 aromatic heterocycles. The number of hydrogen-bond donors (Lipinski definition) is 0. The highest BCUT2D eigenvalue weighted by atomic mass is 14.1. The maximum absolute atomic E-state index is 3.87. The fourth-order valence-electron chi connectivity index (χ4n) is 1.21. The molecule has 0 nitrogen and oxygen atoms in total. The zero-order chi connectivity index (χ0) is 9.40. The van der Waals surface area contributed by atoms with E-state index in [1.165, 1.54) is 24.8 Å². The van der Waals surface area contributed by atoms with Crippen LogP contribution < -0.4 is 0 Å². The second-order valence-corrected chi connectivity index (χ2v) is 3.49. The lowest BCUT2D eigenvalue weighted by molar-refractivity contribution is 0.616. The van der Waals surface area contributed by atoms with Crippen LogP contribution in [0.4, 0.5) is 0 Å². The Hall–Kier alpha value is -0.260. The molecule has 1 unspecified atom stereocenters. The summed E-state index contributed by atoms with van der Waals surface area (Å²) < 4.78 is 0. The molecule has 0 amide bonds. The van der Waals surface area contributed by atoms with Gasteiger partial charge >= 0.3 is 0 Å². The van der Waals surface area contributed by atoms with Gasteiger partial charge in [0.25, 0.3) is 0 Å². The Morgan fingerprint density at radius 3 is 2.50 bits per heavy atom. The second kappa shape index (κ2) is 7.39. The molecular weight excluding hydrogens is 144 g/mol. The van der Waals surface area contributed by atoms with Crippen molar-refractivity contribution in [1.82, 2.24) is 0 Å². The van der Waals surface area contributed by atoms with E-state index in [0.29, 0.717) is 5.92 Å². The van der Waals surface area contributed by atoms with Crippen molar-refractivity contribution < 1.29 is 0 Å². The number of hydrogen-bond acceptors (Lipinski definition) is 0. The Labute approximate surface area is 78.1 Å². The highest BCUT2D eigenvalue weighted by Gasteiger charge is 2.01. The van der Waals surface area contributed by atoms with E-state index in [0.717, 1.165) is 12.8 Å². The third-order valence-electron chi connectivity index (χ3n) is 2.33.